The van der Waals surface area contributed by atoms with Crippen molar-refractivity contribution >= 4 is 11.8 Å². The summed E-state index contributed by atoms with van der Waals surface area (Å²) < 4.78 is 0. The van der Waals surface area contributed by atoms with Crippen molar-refractivity contribution in [2.75, 3.05) is 0 Å². The Bertz CT molecular complexity index is 718. The summed E-state index contributed by atoms with van der Waals surface area (Å²) in [6.07, 6.45) is 6.62. The standard InChI is InChI=1S/C9H11NO2.C7H6N4O/c10-8(9(11)12)6-7-4-2-1-3-5-7;12-5(6-8-1-2-9-6)7-10-3-4-11-7/h1-5,8H,6,10H2,(H,11,12);1-4H,(H,8,9)(H,10,11). The van der Waals surface area contributed by atoms with Gasteiger partial charge in [0.25, 0.3) is 5.78 Å². The van der Waals surface area contributed by atoms with Crippen LogP contribution in [0.5, 0.6) is 0 Å². The van der Waals surface area contributed by atoms with Crippen LogP contribution in [-0.2, 0) is 11.2 Å². The molecule has 0 saturated carbocycles. The molecule has 1 aromatic carbocycles. The predicted molar refractivity (Wildman–Crippen MR) is 86.4 cm³/mol. The minimum atomic E-state index is -0.959. The fourth-order valence-corrected chi connectivity index (χ4v) is 1.85. The first-order valence-electron chi connectivity index (χ1n) is 7.13. The molecule has 0 saturated heterocycles. The third-order valence-electron chi connectivity index (χ3n) is 3.04. The average molecular weight is 327 g/mol. The summed E-state index contributed by atoms with van der Waals surface area (Å²) in [5.41, 5.74) is 6.30. The molecular weight excluding hydrogens is 310 g/mol. The zero-order valence-electron chi connectivity index (χ0n) is 12.7. The van der Waals surface area contributed by atoms with E-state index in [-0.39, 0.29) is 5.78 Å². The van der Waals surface area contributed by atoms with E-state index in [9.17, 15) is 9.59 Å². The molecule has 1 unspecified atom stereocenters. The highest BCUT2D eigenvalue weighted by Crippen LogP contribution is 2.01. The minimum absolute atomic E-state index is 0.231. The lowest BCUT2D eigenvalue weighted by Gasteiger charge is -2.04. The van der Waals surface area contributed by atoms with E-state index in [0.717, 1.165) is 5.56 Å². The van der Waals surface area contributed by atoms with E-state index in [2.05, 4.69) is 19.9 Å². The normalized spacial score (nSPS) is 11.2. The van der Waals surface area contributed by atoms with Crippen LogP contribution in [0.2, 0.25) is 0 Å². The number of hydrogen-bond donors (Lipinski definition) is 4. The van der Waals surface area contributed by atoms with Crippen LogP contribution < -0.4 is 5.73 Å². The van der Waals surface area contributed by atoms with Crippen molar-refractivity contribution in [2.24, 2.45) is 5.73 Å². The van der Waals surface area contributed by atoms with Crippen molar-refractivity contribution in [3.8, 4) is 0 Å². The second-order valence-corrected chi connectivity index (χ2v) is 4.84. The van der Waals surface area contributed by atoms with E-state index in [1.807, 2.05) is 30.3 Å². The summed E-state index contributed by atoms with van der Waals surface area (Å²) in [6.45, 7) is 0. The van der Waals surface area contributed by atoms with Crippen LogP contribution in [-0.4, -0.2) is 42.8 Å². The molecule has 0 aliphatic carbocycles. The average Bonchev–Trinajstić information content (AvgIpc) is 3.29. The molecule has 8 nitrogen and oxygen atoms in total. The Morgan fingerprint density at radius 3 is 2.00 bits per heavy atom. The lowest BCUT2D eigenvalue weighted by Crippen LogP contribution is -2.32. The van der Waals surface area contributed by atoms with Gasteiger partial charge in [0.1, 0.15) is 6.04 Å². The molecule has 2 heterocycles. The van der Waals surface area contributed by atoms with Gasteiger partial charge in [-0.15, -0.1) is 0 Å². The highest BCUT2D eigenvalue weighted by Gasteiger charge is 2.12. The number of benzene rings is 1. The summed E-state index contributed by atoms with van der Waals surface area (Å²) in [5, 5.41) is 8.52. The predicted octanol–water partition coefficient (Wildman–Crippen LogP) is 1.00. The van der Waals surface area contributed by atoms with Crippen LogP contribution >= 0.6 is 0 Å². The number of aliphatic carboxylic acids is 1. The molecule has 0 aliphatic heterocycles. The molecule has 24 heavy (non-hydrogen) atoms. The fourth-order valence-electron chi connectivity index (χ4n) is 1.85. The van der Waals surface area contributed by atoms with Crippen molar-refractivity contribution in [1.29, 1.82) is 0 Å². The summed E-state index contributed by atoms with van der Waals surface area (Å²) in [5.74, 6) is -0.598. The zero-order valence-corrected chi connectivity index (χ0v) is 12.7. The minimum Gasteiger partial charge on any atom is -0.480 e. The number of H-pyrrole nitrogens is 2. The van der Waals surface area contributed by atoms with E-state index < -0.39 is 12.0 Å². The largest absolute Gasteiger partial charge is 0.480 e. The number of nitrogens with one attached hydrogen (secondary N) is 2. The van der Waals surface area contributed by atoms with E-state index in [0.29, 0.717) is 18.1 Å². The number of nitrogens with zero attached hydrogens (tertiary/aromatic N) is 2. The number of carboxylic acids is 1. The van der Waals surface area contributed by atoms with E-state index in [1.54, 1.807) is 12.4 Å². The van der Waals surface area contributed by atoms with E-state index in [1.165, 1.54) is 12.4 Å². The molecule has 0 amide bonds. The number of rotatable bonds is 5. The van der Waals surface area contributed by atoms with Crippen molar-refractivity contribution in [2.45, 2.75) is 12.5 Å². The molecule has 0 bridgehead atoms. The van der Waals surface area contributed by atoms with Gasteiger partial charge in [-0.2, -0.15) is 0 Å². The summed E-state index contributed by atoms with van der Waals surface area (Å²) in [4.78, 5) is 34.8. The number of ketones is 1. The molecule has 8 heteroatoms. The Labute approximate surface area is 137 Å². The number of aromatic amines is 2. The van der Waals surface area contributed by atoms with Crippen LogP contribution in [0.3, 0.4) is 0 Å². The van der Waals surface area contributed by atoms with Crippen molar-refractivity contribution < 1.29 is 14.7 Å². The number of carboxylic acid groups (broad SMARTS) is 1. The van der Waals surface area contributed by atoms with Gasteiger partial charge in [0.05, 0.1) is 0 Å². The van der Waals surface area contributed by atoms with Crippen LogP contribution in [0.4, 0.5) is 0 Å². The number of carbonyl (C=O) groups excluding carboxylic acids is 1. The second-order valence-electron chi connectivity index (χ2n) is 4.84. The SMILES string of the molecule is NC(Cc1ccccc1)C(=O)O.O=C(c1ncc[nH]1)c1ncc[nH]1. The van der Waals surface area contributed by atoms with Gasteiger partial charge in [-0.25, -0.2) is 9.97 Å². The van der Waals surface area contributed by atoms with Crippen LogP contribution in [0, 0.1) is 0 Å². The fraction of sp³-hybridized carbons (Fsp3) is 0.125. The second kappa shape index (κ2) is 8.39. The molecule has 3 rings (SSSR count). The van der Waals surface area contributed by atoms with Gasteiger partial charge in [-0.05, 0) is 12.0 Å². The molecule has 3 aromatic rings. The number of hydrogen-bond acceptors (Lipinski definition) is 5. The first-order chi connectivity index (χ1) is 11.6. The van der Waals surface area contributed by atoms with Gasteiger partial charge < -0.3 is 20.8 Å². The first-order valence-corrected chi connectivity index (χ1v) is 7.13. The molecule has 1 atom stereocenters. The lowest BCUT2D eigenvalue weighted by atomic mass is 10.1. The molecule has 0 aliphatic rings. The first kappa shape index (κ1) is 17.1. The van der Waals surface area contributed by atoms with Crippen molar-refractivity contribution in [3.05, 3.63) is 72.3 Å². The Hall–Kier alpha value is -3.26. The van der Waals surface area contributed by atoms with Gasteiger partial charge >= 0.3 is 5.97 Å². The van der Waals surface area contributed by atoms with Crippen LogP contribution in [0.1, 0.15) is 22.0 Å². The quantitative estimate of drug-likeness (QED) is 0.516. The number of nitrogens with two attached hydrogens (primary N) is 1. The van der Waals surface area contributed by atoms with Gasteiger partial charge in [0.15, 0.2) is 11.6 Å². The molecule has 0 radical (unpaired) electrons. The zero-order chi connectivity index (χ0) is 17.4. The molecule has 0 spiro atoms. The maximum Gasteiger partial charge on any atom is 0.320 e. The Morgan fingerprint density at radius 1 is 1.04 bits per heavy atom. The van der Waals surface area contributed by atoms with E-state index >= 15 is 0 Å². The number of imidazole rings is 2. The highest BCUT2D eigenvalue weighted by molar-refractivity contribution is 6.03. The Kier molecular flexibility index (Phi) is 5.98. The molecule has 124 valence electrons. The number of carbonyl (C=O) groups is 2. The summed E-state index contributed by atoms with van der Waals surface area (Å²) >= 11 is 0. The van der Waals surface area contributed by atoms with Crippen LogP contribution in [0.15, 0.2) is 55.1 Å². The van der Waals surface area contributed by atoms with Crippen LogP contribution in [0.25, 0.3) is 0 Å². The van der Waals surface area contributed by atoms with Gasteiger partial charge in [-0.3, -0.25) is 9.59 Å². The molecular formula is C16H17N5O3. The van der Waals surface area contributed by atoms with Crippen molar-refractivity contribution in [1.82, 2.24) is 19.9 Å². The number of aromatic nitrogens is 4. The summed E-state index contributed by atoms with van der Waals surface area (Å²) in [6, 6.07) is 8.54. The maximum absolute atomic E-state index is 11.4. The molecule has 0 fully saturated rings. The highest BCUT2D eigenvalue weighted by atomic mass is 16.4. The topological polar surface area (TPSA) is 138 Å². The third kappa shape index (κ3) is 4.89. The van der Waals surface area contributed by atoms with Gasteiger partial charge in [-0.1, -0.05) is 30.3 Å². The van der Waals surface area contributed by atoms with Gasteiger partial charge in [0, 0.05) is 24.8 Å². The third-order valence-corrected chi connectivity index (χ3v) is 3.04. The van der Waals surface area contributed by atoms with Crippen molar-refractivity contribution in [3.63, 3.8) is 0 Å². The molecule has 2 aromatic heterocycles. The van der Waals surface area contributed by atoms with E-state index in [4.69, 9.17) is 10.8 Å². The molecule has 5 N–H and O–H groups in total. The van der Waals surface area contributed by atoms with Gasteiger partial charge in [0.2, 0.25) is 0 Å². The Balaban J connectivity index is 0.000000174. The maximum atomic E-state index is 11.4. The monoisotopic (exact) mass is 327 g/mol. The lowest BCUT2D eigenvalue weighted by molar-refractivity contribution is -0.138. The Morgan fingerprint density at radius 2 is 1.58 bits per heavy atom. The smallest absolute Gasteiger partial charge is 0.320 e. The summed E-state index contributed by atoms with van der Waals surface area (Å²) in [7, 11) is 0.